The second-order valence-corrected chi connectivity index (χ2v) is 6.27. The molecule has 0 saturated heterocycles. The predicted molar refractivity (Wildman–Crippen MR) is 75.2 cm³/mol. The number of nitrogens with one attached hydrogen (secondary N) is 1. The Bertz CT molecular complexity index is 558. The number of hydrogen-bond donors (Lipinski definition) is 2. The van der Waals surface area contributed by atoms with Crippen LogP contribution in [0, 0.1) is 23.7 Å². The number of hydrogen-bond acceptors (Lipinski definition) is 5. The molecule has 3 aliphatic rings. The minimum atomic E-state index is -0.413. The van der Waals surface area contributed by atoms with Crippen molar-refractivity contribution >= 4 is 17.5 Å². The van der Waals surface area contributed by atoms with Gasteiger partial charge in [-0.1, -0.05) is 0 Å². The van der Waals surface area contributed by atoms with Gasteiger partial charge in [-0.25, -0.2) is 9.78 Å². The molecule has 4 rings (SSSR count). The largest absolute Gasteiger partial charge is 0.465 e. The molecule has 0 amide bonds. The lowest BCUT2D eigenvalue weighted by Crippen LogP contribution is -2.16. The van der Waals surface area contributed by atoms with Gasteiger partial charge in [-0.2, -0.15) is 0 Å². The third-order valence-electron chi connectivity index (χ3n) is 5.43. The third kappa shape index (κ3) is 1.55. The molecule has 1 heterocycles. The normalized spacial score (nSPS) is 36.5. The number of rotatable bonds is 3. The minimum Gasteiger partial charge on any atom is -0.465 e. The molecule has 4 atom stereocenters. The van der Waals surface area contributed by atoms with Crippen molar-refractivity contribution in [3.05, 3.63) is 17.8 Å². The molecule has 0 spiro atoms. The Balaban J connectivity index is 1.54. The van der Waals surface area contributed by atoms with Gasteiger partial charge in [0.15, 0.2) is 0 Å². The standard InChI is InChI=1S/C15H19N3O2/c1-20-15(19)9-4-5-17-14(12(9)16)18-13-10-7-2-3-8(6-7)11(10)13/h4-5,7-8,10-11,13H,2-3,6,16H2,1H3,(H,17,18). The summed E-state index contributed by atoms with van der Waals surface area (Å²) >= 11 is 0. The number of carbonyl (C=O) groups excluding carboxylic acids is 1. The van der Waals surface area contributed by atoms with E-state index in [0.717, 1.165) is 23.7 Å². The van der Waals surface area contributed by atoms with Gasteiger partial charge in [0, 0.05) is 12.2 Å². The second kappa shape index (κ2) is 4.11. The molecule has 3 saturated carbocycles. The number of nitrogen functional groups attached to an aromatic ring is 1. The zero-order valence-electron chi connectivity index (χ0n) is 11.5. The molecular formula is C15H19N3O2. The van der Waals surface area contributed by atoms with Gasteiger partial charge in [0.05, 0.1) is 18.4 Å². The summed E-state index contributed by atoms with van der Waals surface area (Å²) in [5.41, 5.74) is 6.83. The molecule has 5 heteroatoms. The van der Waals surface area contributed by atoms with Crippen LogP contribution in [0.3, 0.4) is 0 Å². The molecule has 20 heavy (non-hydrogen) atoms. The van der Waals surface area contributed by atoms with E-state index >= 15 is 0 Å². The number of ether oxygens (including phenoxy) is 1. The third-order valence-corrected chi connectivity index (χ3v) is 5.43. The van der Waals surface area contributed by atoms with Crippen molar-refractivity contribution < 1.29 is 9.53 Å². The summed E-state index contributed by atoms with van der Waals surface area (Å²) in [6.07, 6.45) is 5.79. The van der Waals surface area contributed by atoms with Gasteiger partial charge in [0.25, 0.3) is 0 Å². The Morgan fingerprint density at radius 2 is 2.10 bits per heavy atom. The van der Waals surface area contributed by atoms with Gasteiger partial charge in [-0.05, 0) is 49.0 Å². The van der Waals surface area contributed by atoms with Gasteiger partial charge < -0.3 is 15.8 Å². The van der Waals surface area contributed by atoms with E-state index < -0.39 is 5.97 Å². The van der Waals surface area contributed by atoms with E-state index in [4.69, 9.17) is 10.5 Å². The summed E-state index contributed by atoms with van der Waals surface area (Å²) in [7, 11) is 1.36. The number of nitrogens with two attached hydrogens (primary N) is 1. The van der Waals surface area contributed by atoms with Crippen LogP contribution in [0.4, 0.5) is 11.5 Å². The van der Waals surface area contributed by atoms with Crippen LogP contribution in [0.15, 0.2) is 12.3 Å². The molecule has 0 aliphatic heterocycles. The molecule has 1 aromatic heterocycles. The summed E-state index contributed by atoms with van der Waals surface area (Å²) in [4.78, 5) is 15.9. The highest BCUT2D eigenvalue weighted by molar-refractivity contribution is 5.97. The summed E-state index contributed by atoms with van der Waals surface area (Å²) in [5.74, 6) is 3.62. The maximum absolute atomic E-state index is 11.6. The highest BCUT2D eigenvalue weighted by Gasteiger charge is 2.65. The lowest BCUT2D eigenvalue weighted by atomic mass is 10.0. The summed E-state index contributed by atoms with van der Waals surface area (Å²) in [5, 5.41) is 3.46. The maximum atomic E-state index is 11.6. The van der Waals surface area contributed by atoms with Crippen molar-refractivity contribution in [3.63, 3.8) is 0 Å². The zero-order chi connectivity index (χ0) is 13.9. The number of aromatic nitrogens is 1. The first-order chi connectivity index (χ1) is 9.70. The Kier molecular flexibility index (Phi) is 2.46. The van der Waals surface area contributed by atoms with Crippen LogP contribution in [0.5, 0.6) is 0 Å². The van der Waals surface area contributed by atoms with Crippen LogP contribution in [-0.2, 0) is 4.74 Å². The van der Waals surface area contributed by atoms with E-state index in [0.29, 0.717) is 23.1 Å². The van der Waals surface area contributed by atoms with Gasteiger partial charge in [0.2, 0.25) is 0 Å². The Hall–Kier alpha value is -1.78. The Labute approximate surface area is 117 Å². The average Bonchev–Trinajstić information content (AvgIpc) is 2.84. The van der Waals surface area contributed by atoms with Crippen molar-refractivity contribution in [1.82, 2.24) is 4.98 Å². The summed E-state index contributed by atoms with van der Waals surface area (Å²) < 4.78 is 4.74. The van der Waals surface area contributed by atoms with Gasteiger partial charge in [-0.3, -0.25) is 0 Å². The number of carbonyl (C=O) groups is 1. The number of esters is 1. The van der Waals surface area contributed by atoms with Gasteiger partial charge in [0.1, 0.15) is 5.82 Å². The molecule has 4 unspecified atom stereocenters. The smallest absolute Gasteiger partial charge is 0.340 e. The van der Waals surface area contributed by atoms with Crippen molar-refractivity contribution in [3.8, 4) is 0 Å². The van der Waals surface area contributed by atoms with Crippen LogP contribution < -0.4 is 11.1 Å². The quantitative estimate of drug-likeness (QED) is 0.823. The first kappa shape index (κ1) is 12.0. The molecule has 3 fully saturated rings. The molecule has 106 valence electrons. The molecule has 5 nitrogen and oxygen atoms in total. The molecule has 0 radical (unpaired) electrons. The van der Waals surface area contributed by atoms with Crippen LogP contribution in [-0.4, -0.2) is 24.1 Å². The molecule has 3 N–H and O–H groups in total. The highest BCUT2D eigenvalue weighted by atomic mass is 16.5. The monoisotopic (exact) mass is 273 g/mol. The highest BCUT2D eigenvalue weighted by Crippen LogP contribution is 2.66. The summed E-state index contributed by atoms with van der Waals surface area (Å²) in [6, 6.07) is 2.10. The fourth-order valence-electron chi connectivity index (χ4n) is 4.55. The average molecular weight is 273 g/mol. The SMILES string of the molecule is COC(=O)c1ccnc(NC2C3C4CCC(C4)C23)c1N. The fourth-order valence-corrected chi connectivity index (χ4v) is 4.55. The molecule has 1 aromatic rings. The number of anilines is 2. The van der Waals surface area contributed by atoms with Crippen molar-refractivity contribution in [2.75, 3.05) is 18.2 Å². The van der Waals surface area contributed by atoms with Gasteiger partial charge in [-0.15, -0.1) is 0 Å². The number of pyridine rings is 1. The lowest BCUT2D eigenvalue weighted by molar-refractivity contribution is 0.0602. The van der Waals surface area contributed by atoms with E-state index in [1.807, 2.05) is 0 Å². The zero-order valence-corrected chi connectivity index (χ0v) is 11.5. The van der Waals surface area contributed by atoms with Crippen LogP contribution in [0.2, 0.25) is 0 Å². The number of nitrogens with zero attached hydrogens (tertiary/aromatic N) is 1. The number of fused-ring (bicyclic) bond motifs is 5. The Morgan fingerprint density at radius 3 is 2.75 bits per heavy atom. The first-order valence-corrected chi connectivity index (χ1v) is 7.30. The van der Waals surface area contributed by atoms with E-state index in [9.17, 15) is 4.79 Å². The van der Waals surface area contributed by atoms with E-state index in [-0.39, 0.29) is 0 Å². The Morgan fingerprint density at radius 1 is 1.40 bits per heavy atom. The predicted octanol–water partition coefficient (Wildman–Crippen LogP) is 1.91. The minimum absolute atomic E-state index is 0.388. The second-order valence-electron chi connectivity index (χ2n) is 6.27. The first-order valence-electron chi connectivity index (χ1n) is 7.30. The topological polar surface area (TPSA) is 77.2 Å². The van der Waals surface area contributed by atoms with Crippen LogP contribution in [0.25, 0.3) is 0 Å². The van der Waals surface area contributed by atoms with Crippen molar-refractivity contribution in [2.45, 2.75) is 25.3 Å². The van der Waals surface area contributed by atoms with E-state index in [1.54, 1.807) is 12.3 Å². The molecule has 0 aromatic carbocycles. The molecule has 3 aliphatic carbocycles. The van der Waals surface area contributed by atoms with Gasteiger partial charge >= 0.3 is 5.97 Å². The van der Waals surface area contributed by atoms with Crippen LogP contribution >= 0.6 is 0 Å². The van der Waals surface area contributed by atoms with E-state index in [1.165, 1.54) is 26.4 Å². The van der Waals surface area contributed by atoms with E-state index in [2.05, 4.69) is 10.3 Å². The fraction of sp³-hybridized carbons (Fsp3) is 0.600. The summed E-state index contributed by atoms with van der Waals surface area (Å²) in [6.45, 7) is 0. The van der Waals surface area contributed by atoms with Crippen molar-refractivity contribution in [1.29, 1.82) is 0 Å². The van der Waals surface area contributed by atoms with Crippen LogP contribution in [0.1, 0.15) is 29.6 Å². The van der Waals surface area contributed by atoms with Crippen molar-refractivity contribution in [2.24, 2.45) is 23.7 Å². The molecular weight excluding hydrogens is 254 g/mol. The molecule has 2 bridgehead atoms. The maximum Gasteiger partial charge on any atom is 0.340 e. The lowest BCUT2D eigenvalue weighted by Gasteiger charge is -2.14. The number of methoxy groups -OCH3 is 1.